The van der Waals surface area contributed by atoms with E-state index in [1.807, 2.05) is 19.9 Å². The number of benzene rings is 1. The fourth-order valence-corrected chi connectivity index (χ4v) is 3.11. The lowest BCUT2D eigenvalue weighted by Crippen LogP contribution is -2.38. The standard InChI is InChI=1S/C13H21N3O2S/c1-10(2)8-9-19(17,18)16-12(13(14)15)11-6-4-3-5-7-11/h3-7,10,12,16H,8-9H2,1-2H3,(H3,14,15). The summed E-state index contributed by atoms with van der Waals surface area (Å²) in [7, 11) is -3.44. The molecule has 0 aliphatic carbocycles. The first kappa shape index (κ1) is 15.7. The van der Waals surface area contributed by atoms with Gasteiger partial charge < -0.3 is 5.73 Å². The smallest absolute Gasteiger partial charge is 0.212 e. The molecule has 5 nitrogen and oxygen atoms in total. The van der Waals surface area contributed by atoms with Crippen molar-refractivity contribution < 1.29 is 8.42 Å². The number of rotatable bonds is 7. The largest absolute Gasteiger partial charge is 0.386 e. The average molecular weight is 283 g/mol. The Morgan fingerprint density at radius 2 is 1.89 bits per heavy atom. The lowest BCUT2D eigenvalue weighted by molar-refractivity contribution is 0.558. The molecule has 0 amide bonds. The van der Waals surface area contributed by atoms with Crippen LogP contribution in [0.3, 0.4) is 0 Å². The van der Waals surface area contributed by atoms with Crippen molar-refractivity contribution in [3.63, 3.8) is 0 Å². The summed E-state index contributed by atoms with van der Waals surface area (Å²) in [5.41, 5.74) is 6.16. The van der Waals surface area contributed by atoms with E-state index in [-0.39, 0.29) is 11.6 Å². The van der Waals surface area contributed by atoms with E-state index in [2.05, 4.69) is 4.72 Å². The Morgan fingerprint density at radius 3 is 2.37 bits per heavy atom. The molecule has 1 unspecified atom stereocenters. The molecular weight excluding hydrogens is 262 g/mol. The van der Waals surface area contributed by atoms with Gasteiger partial charge in [0, 0.05) is 0 Å². The van der Waals surface area contributed by atoms with Gasteiger partial charge in [0.25, 0.3) is 0 Å². The third-order valence-electron chi connectivity index (χ3n) is 2.71. The third kappa shape index (κ3) is 5.40. The van der Waals surface area contributed by atoms with Gasteiger partial charge in [-0.1, -0.05) is 44.2 Å². The predicted octanol–water partition coefficient (Wildman–Crippen LogP) is 1.63. The molecule has 1 atom stereocenters. The van der Waals surface area contributed by atoms with E-state index < -0.39 is 16.1 Å². The Morgan fingerprint density at radius 1 is 1.32 bits per heavy atom. The molecule has 0 radical (unpaired) electrons. The molecule has 0 aromatic heterocycles. The van der Waals surface area contributed by atoms with Crippen LogP contribution in [0, 0.1) is 11.3 Å². The Bertz CT molecular complexity index is 512. The fourth-order valence-electron chi connectivity index (χ4n) is 1.59. The first-order valence-corrected chi connectivity index (χ1v) is 7.86. The first-order chi connectivity index (χ1) is 8.82. The quantitative estimate of drug-likeness (QED) is 0.524. The Hall–Kier alpha value is -1.40. The predicted molar refractivity (Wildman–Crippen MR) is 77.5 cm³/mol. The third-order valence-corrected chi connectivity index (χ3v) is 4.07. The molecule has 1 aromatic rings. The normalized spacial score (nSPS) is 13.4. The summed E-state index contributed by atoms with van der Waals surface area (Å²) in [6.45, 7) is 3.93. The Kier molecular flexibility index (Phi) is 5.50. The van der Waals surface area contributed by atoms with Crippen molar-refractivity contribution in [2.45, 2.75) is 26.3 Å². The van der Waals surface area contributed by atoms with E-state index in [0.717, 1.165) is 0 Å². The van der Waals surface area contributed by atoms with Crippen LogP contribution in [-0.2, 0) is 10.0 Å². The lowest BCUT2D eigenvalue weighted by atomic mass is 10.1. The van der Waals surface area contributed by atoms with E-state index in [1.54, 1.807) is 24.3 Å². The van der Waals surface area contributed by atoms with E-state index in [0.29, 0.717) is 17.9 Å². The maximum atomic E-state index is 12.0. The molecule has 106 valence electrons. The molecule has 4 N–H and O–H groups in total. The minimum absolute atomic E-state index is 0.0429. The van der Waals surface area contributed by atoms with Crippen molar-refractivity contribution in [3.8, 4) is 0 Å². The molecule has 1 aromatic carbocycles. The van der Waals surface area contributed by atoms with Crippen LogP contribution >= 0.6 is 0 Å². The van der Waals surface area contributed by atoms with Gasteiger partial charge in [-0.05, 0) is 17.9 Å². The molecule has 6 heteroatoms. The van der Waals surface area contributed by atoms with Crippen LogP contribution < -0.4 is 10.5 Å². The Labute approximate surface area is 114 Å². The SMILES string of the molecule is CC(C)CCS(=O)(=O)NC(C(=N)N)c1ccccc1. The molecule has 0 bridgehead atoms. The zero-order chi connectivity index (χ0) is 14.5. The molecular formula is C13H21N3O2S. The highest BCUT2D eigenvalue weighted by molar-refractivity contribution is 7.89. The molecule has 0 aliphatic rings. The van der Waals surface area contributed by atoms with E-state index in [4.69, 9.17) is 11.1 Å². The molecule has 0 aliphatic heterocycles. The molecule has 0 fully saturated rings. The zero-order valence-electron chi connectivity index (χ0n) is 11.3. The number of amidine groups is 1. The Balaban J connectivity index is 2.83. The van der Waals surface area contributed by atoms with Gasteiger partial charge in [-0.15, -0.1) is 0 Å². The fraction of sp³-hybridized carbons (Fsp3) is 0.462. The summed E-state index contributed by atoms with van der Waals surface area (Å²) in [6.07, 6.45) is 0.578. The van der Waals surface area contributed by atoms with Gasteiger partial charge in [-0.2, -0.15) is 0 Å². The van der Waals surface area contributed by atoms with Gasteiger partial charge in [-0.25, -0.2) is 13.1 Å². The molecule has 0 saturated heterocycles. The van der Waals surface area contributed by atoms with E-state index in [9.17, 15) is 8.42 Å². The second kappa shape index (κ2) is 6.68. The summed E-state index contributed by atoms with van der Waals surface area (Å²) >= 11 is 0. The van der Waals surface area contributed by atoms with Crippen LogP contribution in [0.2, 0.25) is 0 Å². The van der Waals surface area contributed by atoms with Gasteiger partial charge in [0.15, 0.2) is 0 Å². The van der Waals surface area contributed by atoms with Gasteiger partial charge in [-0.3, -0.25) is 5.41 Å². The van der Waals surface area contributed by atoms with Crippen LogP contribution in [0.25, 0.3) is 0 Å². The molecule has 0 spiro atoms. The highest BCUT2D eigenvalue weighted by Gasteiger charge is 2.21. The van der Waals surface area contributed by atoms with Crippen molar-refractivity contribution >= 4 is 15.9 Å². The maximum Gasteiger partial charge on any atom is 0.212 e. The molecule has 19 heavy (non-hydrogen) atoms. The second-order valence-corrected chi connectivity index (χ2v) is 6.79. The topological polar surface area (TPSA) is 96.0 Å². The van der Waals surface area contributed by atoms with Crippen LogP contribution in [-0.4, -0.2) is 20.0 Å². The highest BCUT2D eigenvalue weighted by atomic mass is 32.2. The minimum Gasteiger partial charge on any atom is -0.386 e. The zero-order valence-corrected chi connectivity index (χ0v) is 12.1. The van der Waals surface area contributed by atoms with Crippen LogP contribution in [0.15, 0.2) is 30.3 Å². The second-order valence-electron chi connectivity index (χ2n) is 4.92. The average Bonchev–Trinajstić information content (AvgIpc) is 2.35. The van der Waals surface area contributed by atoms with Crippen molar-refractivity contribution in [1.82, 2.24) is 4.72 Å². The van der Waals surface area contributed by atoms with E-state index in [1.165, 1.54) is 0 Å². The molecule has 0 saturated carbocycles. The van der Waals surface area contributed by atoms with Gasteiger partial charge in [0.05, 0.1) is 5.75 Å². The summed E-state index contributed by atoms with van der Waals surface area (Å²) in [6, 6.07) is 8.10. The number of hydrogen-bond donors (Lipinski definition) is 3. The molecule has 1 rings (SSSR count). The summed E-state index contributed by atoms with van der Waals surface area (Å²) in [5, 5.41) is 7.54. The van der Waals surface area contributed by atoms with Crippen LogP contribution in [0.1, 0.15) is 31.9 Å². The lowest BCUT2D eigenvalue weighted by Gasteiger charge is -2.18. The summed E-state index contributed by atoms with van der Waals surface area (Å²) in [5.74, 6) is 0.143. The van der Waals surface area contributed by atoms with Gasteiger partial charge in [0.2, 0.25) is 10.0 Å². The number of sulfonamides is 1. The van der Waals surface area contributed by atoms with Crippen LogP contribution in [0.5, 0.6) is 0 Å². The van der Waals surface area contributed by atoms with Crippen molar-refractivity contribution in [3.05, 3.63) is 35.9 Å². The number of nitrogens with two attached hydrogens (primary N) is 1. The number of hydrogen-bond acceptors (Lipinski definition) is 3. The number of nitrogens with one attached hydrogen (secondary N) is 2. The summed E-state index contributed by atoms with van der Waals surface area (Å²) < 4.78 is 26.4. The van der Waals surface area contributed by atoms with Crippen molar-refractivity contribution in [2.75, 3.05) is 5.75 Å². The van der Waals surface area contributed by atoms with Gasteiger partial charge in [0.1, 0.15) is 11.9 Å². The van der Waals surface area contributed by atoms with Gasteiger partial charge >= 0.3 is 0 Å². The monoisotopic (exact) mass is 283 g/mol. The minimum atomic E-state index is -3.44. The van der Waals surface area contributed by atoms with Crippen LogP contribution in [0.4, 0.5) is 0 Å². The highest BCUT2D eigenvalue weighted by Crippen LogP contribution is 2.14. The van der Waals surface area contributed by atoms with Crippen molar-refractivity contribution in [1.29, 1.82) is 5.41 Å². The maximum absolute atomic E-state index is 12.0. The van der Waals surface area contributed by atoms with E-state index >= 15 is 0 Å². The molecule has 0 heterocycles. The summed E-state index contributed by atoms with van der Waals surface area (Å²) in [4.78, 5) is 0. The first-order valence-electron chi connectivity index (χ1n) is 6.20. The van der Waals surface area contributed by atoms with Crippen molar-refractivity contribution in [2.24, 2.45) is 11.7 Å².